The number of benzene rings is 2. The van der Waals surface area contributed by atoms with Gasteiger partial charge in [0.2, 0.25) is 11.7 Å². The predicted octanol–water partition coefficient (Wildman–Crippen LogP) is 5.64. The summed E-state index contributed by atoms with van der Waals surface area (Å²) in [5.74, 6) is -2.28. The second kappa shape index (κ2) is 12.5. The Labute approximate surface area is 290 Å². The normalized spacial score (nSPS) is 19.8. The van der Waals surface area contributed by atoms with Gasteiger partial charge in [0.1, 0.15) is 23.3 Å². The van der Waals surface area contributed by atoms with Crippen molar-refractivity contribution in [1.29, 1.82) is 0 Å². The van der Waals surface area contributed by atoms with Gasteiger partial charge in [-0.15, -0.1) is 22.0 Å². The fourth-order valence-corrected chi connectivity index (χ4v) is 8.70. The van der Waals surface area contributed by atoms with E-state index in [4.69, 9.17) is 23.2 Å². The van der Waals surface area contributed by atoms with Crippen LogP contribution in [0.4, 0.5) is 27.8 Å². The van der Waals surface area contributed by atoms with Crippen molar-refractivity contribution in [1.82, 2.24) is 34.1 Å². The molecule has 1 fully saturated rings. The third kappa shape index (κ3) is 5.85. The highest BCUT2D eigenvalue weighted by molar-refractivity contribution is 7.99. The van der Waals surface area contributed by atoms with Crippen LogP contribution in [0.15, 0.2) is 40.5 Å². The van der Waals surface area contributed by atoms with Gasteiger partial charge in [0.15, 0.2) is 0 Å². The van der Waals surface area contributed by atoms with Crippen molar-refractivity contribution in [3.05, 3.63) is 74.7 Å². The van der Waals surface area contributed by atoms with Gasteiger partial charge in [0.05, 0.1) is 28.1 Å². The van der Waals surface area contributed by atoms with E-state index in [1.807, 2.05) is 16.7 Å². The summed E-state index contributed by atoms with van der Waals surface area (Å²) in [6, 6.07) is 2.68. The fraction of sp³-hybridized carbons (Fsp3) is 0.387. The van der Waals surface area contributed by atoms with E-state index in [1.165, 1.54) is 22.4 Å². The first-order valence-electron chi connectivity index (χ1n) is 15.2. The van der Waals surface area contributed by atoms with Crippen molar-refractivity contribution < 1.29 is 26.7 Å². The van der Waals surface area contributed by atoms with Crippen LogP contribution >= 0.6 is 35.0 Å². The lowest BCUT2D eigenvalue weighted by Gasteiger charge is -2.41. The van der Waals surface area contributed by atoms with Crippen LogP contribution in [-0.4, -0.2) is 84.5 Å². The Kier molecular flexibility index (Phi) is 8.64. The van der Waals surface area contributed by atoms with Crippen LogP contribution in [0.25, 0.3) is 22.0 Å². The third-order valence-corrected chi connectivity index (χ3v) is 10.9. The van der Waals surface area contributed by atoms with E-state index in [0.29, 0.717) is 53.1 Å². The zero-order chi connectivity index (χ0) is 34.9. The number of hydrogen-bond donors (Lipinski definition) is 0. The minimum absolute atomic E-state index is 0.0116. The number of thioether (sulfide) groups is 1. The summed E-state index contributed by atoms with van der Waals surface area (Å²) in [6.07, 6.45) is -3.39. The summed E-state index contributed by atoms with van der Waals surface area (Å²) in [6.45, 7) is 7.14. The number of alkyl halides is 3. The van der Waals surface area contributed by atoms with Crippen LogP contribution in [-0.2, 0) is 24.1 Å². The fourth-order valence-electron chi connectivity index (χ4n) is 6.85. The van der Waals surface area contributed by atoms with E-state index in [2.05, 4.69) is 21.8 Å². The topological polar surface area (TPSA) is 92.4 Å². The van der Waals surface area contributed by atoms with Crippen LogP contribution in [0.5, 0.6) is 0 Å². The number of anilines is 1. The molecular formula is C31H27Cl2F5N8O2S. The summed E-state index contributed by atoms with van der Waals surface area (Å²) in [5.41, 5.74) is 0.0444. The molecule has 2 aromatic heterocycles. The number of halogens is 7. The Morgan fingerprint density at radius 2 is 1.86 bits per heavy atom. The minimum atomic E-state index is -4.64. The molecule has 49 heavy (non-hydrogen) atoms. The molecule has 0 spiro atoms. The Morgan fingerprint density at radius 3 is 2.57 bits per heavy atom. The molecule has 18 heteroatoms. The maximum Gasteiger partial charge on any atom is 0.451 e. The summed E-state index contributed by atoms with van der Waals surface area (Å²) >= 11 is 14.3. The number of hydrogen-bond acceptors (Lipinski definition) is 8. The third-order valence-electron chi connectivity index (χ3n) is 9.10. The number of carbonyl (C=O) groups excluding carboxylic acids is 1. The lowest BCUT2D eigenvalue weighted by atomic mass is 10.0. The first-order chi connectivity index (χ1) is 23.3. The number of piperazine rings is 1. The summed E-state index contributed by atoms with van der Waals surface area (Å²) in [5, 5.41) is 7.46. The van der Waals surface area contributed by atoms with E-state index in [-0.39, 0.29) is 65.1 Å². The number of amides is 1. The van der Waals surface area contributed by atoms with Gasteiger partial charge in [-0.2, -0.15) is 18.2 Å². The molecule has 3 aliphatic heterocycles. The van der Waals surface area contributed by atoms with Gasteiger partial charge in [-0.05, 0) is 25.1 Å². The molecule has 0 bridgehead atoms. The van der Waals surface area contributed by atoms with E-state index >= 15 is 4.39 Å². The molecule has 1 saturated heterocycles. The Hall–Kier alpha value is -3.73. The largest absolute Gasteiger partial charge is 0.451 e. The molecule has 3 aliphatic rings. The van der Waals surface area contributed by atoms with Crippen LogP contribution in [0, 0.1) is 11.6 Å². The zero-order valence-electron chi connectivity index (χ0n) is 25.8. The molecule has 0 N–H and O–H groups in total. The van der Waals surface area contributed by atoms with Crippen molar-refractivity contribution in [2.24, 2.45) is 0 Å². The highest BCUT2D eigenvalue weighted by atomic mass is 35.5. The summed E-state index contributed by atoms with van der Waals surface area (Å²) < 4.78 is 72.4. The van der Waals surface area contributed by atoms with Crippen LogP contribution in [0.1, 0.15) is 24.6 Å². The van der Waals surface area contributed by atoms with E-state index in [0.717, 1.165) is 10.6 Å². The highest BCUT2D eigenvalue weighted by Gasteiger charge is 2.40. The standard InChI is InChI=1S/C31H27Cl2F5N8O2S/c1-3-24(47)43-5-7-44(15(2)11-43)28-18-9-20(33)25(17-8-19(32)22(35)10-21(17)34)27-26(18)46(30(48)39-28)16(14-49-27)12-42-4-6-45-23(13-42)40-41-29(45)31(36,37)38/h3,8-10,15-16H,1,4-7,11-14H2,2H3/t15-,16-/m0/s1. The minimum Gasteiger partial charge on any atom is -0.350 e. The summed E-state index contributed by atoms with van der Waals surface area (Å²) in [7, 11) is 0. The van der Waals surface area contributed by atoms with Gasteiger partial charge in [-0.3, -0.25) is 14.3 Å². The SMILES string of the molecule is C=CC(=O)N1CCN(c2nc(=O)n3c4c(c(-c5cc(Cl)c(F)cc5F)c(Cl)cc24)SC[C@@H]3CN2CCn3c(nnc3C(F)(F)F)C2)[C@@H](C)C1. The second-order valence-electron chi connectivity index (χ2n) is 12.1. The monoisotopic (exact) mass is 740 g/mol. The smallest absolute Gasteiger partial charge is 0.350 e. The first-order valence-corrected chi connectivity index (χ1v) is 17.0. The molecule has 10 nitrogen and oxygen atoms in total. The van der Waals surface area contributed by atoms with Crippen molar-refractivity contribution in [3.8, 4) is 11.1 Å². The number of rotatable bonds is 5. The number of nitrogens with zero attached hydrogens (tertiary/aromatic N) is 8. The highest BCUT2D eigenvalue weighted by Crippen LogP contribution is 2.49. The Bertz CT molecular complexity index is 2090. The van der Waals surface area contributed by atoms with Gasteiger partial charge in [0.25, 0.3) is 0 Å². The molecule has 0 radical (unpaired) electrons. The van der Waals surface area contributed by atoms with Crippen molar-refractivity contribution in [2.45, 2.75) is 43.2 Å². The van der Waals surface area contributed by atoms with Crippen molar-refractivity contribution >= 4 is 57.6 Å². The van der Waals surface area contributed by atoms with Crippen LogP contribution in [0.3, 0.4) is 0 Å². The quantitative estimate of drug-likeness (QED) is 0.148. The molecule has 0 saturated carbocycles. The Balaban J connectivity index is 1.34. The first kappa shape index (κ1) is 33.8. The lowest BCUT2D eigenvalue weighted by Crippen LogP contribution is -2.54. The molecule has 258 valence electrons. The predicted molar refractivity (Wildman–Crippen MR) is 175 cm³/mol. The molecule has 5 heterocycles. The van der Waals surface area contributed by atoms with E-state index < -0.39 is 35.4 Å². The molecule has 1 amide bonds. The average molecular weight is 742 g/mol. The average Bonchev–Trinajstić information content (AvgIpc) is 3.49. The van der Waals surface area contributed by atoms with Gasteiger partial charge in [0, 0.05) is 78.5 Å². The van der Waals surface area contributed by atoms with Gasteiger partial charge in [-0.25, -0.2) is 13.6 Å². The molecule has 2 atom stereocenters. The van der Waals surface area contributed by atoms with Gasteiger partial charge >= 0.3 is 11.9 Å². The van der Waals surface area contributed by atoms with Crippen molar-refractivity contribution in [2.75, 3.05) is 43.4 Å². The number of fused-ring (bicyclic) bond motifs is 1. The van der Waals surface area contributed by atoms with Crippen molar-refractivity contribution in [3.63, 3.8) is 0 Å². The maximum absolute atomic E-state index is 15.4. The van der Waals surface area contributed by atoms with Gasteiger partial charge in [-0.1, -0.05) is 29.8 Å². The molecule has 0 unspecified atom stereocenters. The number of carbonyl (C=O) groups is 1. The molecule has 7 rings (SSSR count). The van der Waals surface area contributed by atoms with Crippen LogP contribution in [0.2, 0.25) is 10.0 Å². The second-order valence-corrected chi connectivity index (χ2v) is 14.0. The van der Waals surface area contributed by atoms with E-state index in [1.54, 1.807) is 11.0 Å². The molecule has 4 aromatic rings. The molecule has 2 aromatic carbocycles. The van der Waals surface area contributed by atoms with Crippen LogP contribution < -0.4 is 10.6 Å². The molecule has 0 aliphatic carbocycles. The summed E-state index contributed by atoms with van der Waals surface area (Å²) in [4.78, 5) is 36.9. The maximum atomic E-state index is 15.4. The van der Waals surface area contributed by atoms with E-state index in [9.17, 15) is 27.2 Å². The zero-order valence-corrected chi connectivity index (χ0v) is 28.1. The Morgan fingerprint density at radius 1 is 1.08 bits per heavy atom. The van der Waals surface area contributed by atoms with Gasteiger partial charge < -0.3 is 14.4 Å². The lowest BCUT2D eigenvalue weighted by molar-refractivity contribution is -0.148. The number of aromatic nitrogens is 5. The molecular weight excluding hydrogens is 714 g/mol.